The summed E-state index contributed by atoms with van der Waals surface area (Å²) in [5, 5.41) is 76.4. The Kier molecular flexibility index (Phi) is 31.6. The van der Waals surface area contributed by atoms with Crippen molar-refractivity contribution < 1.29 is 107 Å². The molecule has 0 saturated carbocycles. The standard InChI is InChI=1S/C51H73N15O22/c52-26(7-14-38(70)71)43(80)62-31(8-13-35(53)67)49(86)66-34(20-24-21-57-27-5-2-1-4-25(24)27)45(82)59-23-36(68)60-28(6-3-19-56-51(54)55)46(83)64-32(11-17-41(76)77)48(85)63-29(9-15-39(72)73)44(81)58-22-37(69)61-30(10-16-40(74)75)47(84)65-33(50(87)88)12-18-42(78)79/h1-2,4-5,21,26,28-34,57H,3,6-20,22-23,52H2,(H2,53,67)(H,58,81)(H,59,82)(H,60,68)(H,61,69)(H,62,80)(H,63,85)(H,64,83)(H,65,84)(H,66,86)(H,70,71)(H,72,73)(H,74,75)(H,76,77)(H,78,79)(H,87,88)(H4,54,55,56)/t26-,28-,29-,30-,31-,32-,33-,34-/m0/s1. The number of carboxylic acids is 6. The number of aliphatic imine (C=N–C) groups is 1. The Hall–Kier alpha value is -10.5. The van der Waals surface area contributed by atoms with E-state index in [1.54, 1.807) is 24.3 Å². The van der Waals surface area contributed by atoms with Gasteiger partial charge in [0.25, 0.3) is 0 Å². The summed E-state index contributed by atoms with van der Waals surface area (Å²) >= 11 is 0. The predicted molar refractivity (Wildman–Crippen MR) is 300 cm³/mol. The summed E-state index contributed by atoms with van der Waals surface area (Å²) in [5.74, 6) is -20.3. The number of hydrogen-bond donors (Lipinski definition) is 20. The third-order valence-electron chi connectivity index (χ3n) is 12.6. The lowest BCUT2D eigenvalue weighted by Crippen LogP contribution is -2.58. The van der Waals surface area contributed by atoms with Gasteiger partial charge in [0.2, 0.25) is 59.1 Å². The monoisotopic (exact) mass is 1250 g/mol. The number of guanidine groups is 1. The van der Waals surface area contributed by atoms with Gasteiger partial charge in [0, 0.05) is 68.6 Å². The molecule has 0 aliphatic rings. The normalized spacial score (nSPS) is 13.5. The molecule has 0 bridgehead atoms. The minimum atomic E-state index is -1.88. The number of carboxylic acid groups (broad SMARTS) is 6. The molecule has 1 heterocycles. The maximum Gasteiger partial charge on any atom is 0.326 e. The van der Waals surface area contributed by atoms with E-state index in [4.69, 9.17) is 33.1 Å². The summed E-state index contributed by atoms with van der Waals surface area (Å²) in [5.41, 5.74) is 23.1. The molecular weight excluding hydrogens is 1170 g/mol. The molecule has 0 aliphatic carbocycles. The molecule has 2 aromatic rings. The van der Waals surface area contributed by atoms with Gasteiger partial charge in [-0.3, -0.25) is 76.9 Å². The van der Waals surface area contributed by atoms with Gasteiger partial charge in [0.15, 0.2) is 5.96 Å². The molecule has 1 aromatic carbocycles. The predicted octanol–water partition coefficient (Wildman–Crippen LogP) is -6.61. The minimum absolute atomic E-state index is 0.0586. The summed E-state index contributed by atoms with van der Waals surface area (Å²) in [7, 11) is 0. The molecule has 2 rings (SSSR count). The number of aromatic nitrogens is 1. The van der Waals surface area contributed by atoms with E-state index in [0.717, 1.165) is 0 Å². The van der Waals surface area contributed by atoms with Crippen molar-refractivity contribution in [3.8, 4) is 0 Å². The Bertz CT molecular complexity index is 2910. The van der Waals surface area contributed by atoms with E-state index in [9.17, 15) is 97.1 Å². The van der Waals surface area contributed by atoms with Crippen molar-refractivity contribution >= 4 is 112 Å². The molecule has 0 unspecified atom stereocenters. The second kappa shape index (κ2) is 37.7. The molecule has 0 radical (unpaired) electrons. The van der Waals surface area contributed by atoms with Crippen molar-refractivity contribution in [2.24, 2.45) is 27.9 Å². The number of primary amides is 1. The van der Waals surface area contributed by atoms with Crippen LogP contribution in [-0.2, 0) is 83.1 Å². The van der Waals surface area contributed by atoms with Crippen LogP contribution >= 0.6 is 0 Å². The topological polar surface area (TPSA) is 635 Å². The number of H-pyrrole nitrogens is 1. The lowest BCUT2D eigenvalue weighted by molar-refractivity contribution is -0.144. The zero-order valence-electron chi connectivity index (χ0n) is 47.2. The number of para-hydroxylation sites is 1. The van der Waals surface area contributed by atoms with Crippen LogP contribution < -0.4 is 70.8 Å². The molecule has 37 nitrogen and oxygen atoms in total. The average Bonchev–Trinajstić information content (AvgIpc) is 4.13. The Labute approximate surface area is 499 Å². The highest BCUT2D eigenvalue weighted by atomic mass is 16.4. The van der Waals surface area contributed by atoms with E-state index < -0.39 is 227 Å². The Morgan fingerprint density at radius 1 is 0.443 bits per heavy atom. The maximum atomic E-state index is 14.1. The molecule has 1 aromatic heterocycles. The number of nitrogens with zero attached hydrogens (tertiary/aromatic N) is 1. The number of hydrogen-bond acceptors (Lipinski definition) is 18. The van der Waals surface area contributed by atoms with E-state index in [0.29, 0.717) is 16.5 Å². The number of carbonyl (C=O) groups excluding carboxylic acids is 10. The number of carbonyl (C=O) groups is 16. The van der Waals surface area contributed by atoms with Crippen molar-refractivity contribution in [1.29, 1.82) is 0 Å². The lowest BCUT2D eigenvalue weighted by Gasteiger charge is -2.25. The van der Waals surface area contributed by atoms with Gasteiger partial charge in [-0.25, -0.2) is 4.79 Å². The number of fused-ring (bicyclic) bond motifs is 1. The first-order chi connectivity index (χ1) is 41.4. The van der Waals surface area contributed by atoms with Gasteiger partial charge in [-0.15, -0.1) is 0 Å². The molecule has 0 saturated heterocycles. The third kappa shape index (κ3) is 28.9. The molecule has 0 spiro atoms. The third-order valence-corrected chi connectivity index (χ3v) is 12.6. The smallest absolute Gasteiger partial charge is 0.326 e. The Balaban J connectivity index is 2.41. The molecule has 8 atom stereocenters. The van der Waals surface area contributed by atoms with Gasteiger partial charge in [0.1, 0.15) is 42.3 Å². The number of rotatable bonds is 43. The van der Waals surface area contributed by atoms with Crippen LogP contribution in [0, 0.1) is 0 Å². The number of nitrogens with one attached hydrogen (secondary N) is 10. The molecule has 24 N–H and O–H groups in total. The number of aliphatic carboxylic acids is 6. The Morgan fingerprint density at radius 2 is 0.818 bits per heavy atom. The highest BCUT2D eigenvalue weighted by Crippen LogP contribution is 2.20. The van der Waals surface area contributed by atoms with Gasteiger partial charge in [-0.05, 0) is 63.0 Å². The SMILES string of the molecule is NC(=O)CC[C@H](NC(=O)[C@@H](N)CCC(=O)O)C(=O)N[C@@H](Cc1c[nH]c2ccccc12)C(=O)NCC(=O)N[C@@H](CCCN=C(N)N)C(=O)N[C@@H](CCC(=O)O)C(=O)N[C@@H](CCC(=O)O)C(=O)NCC(=O)N[C@@H](CCC(=O)O)C(=O)N[C@@H](CCC(=O)O)C(=O)O. The van der Waals surface area contributed by atoms with Crippen LogP contribution in [0.25, 0.3) is 10.9 Å². The summed E-state index contributed by atoms with van der Waals surface area (Å²) in [6, 6.07) is -6.66. The number of benzene rings is 1. The number of amides is 10. The molecule has 0 fully saturated rings. The number of nitrogens with two attached hydrogens (primary N) is 4. The largest absolute Gasteiger partial charge is 0.481 e. The first-order valence-corrected chi connectivity index (χ1v) is 27.0. The molecule has 0 aliphatic heterocycles. The van der Waals surface area contributed by atoms with Crippen LogP contribution in [0.15, 0.2) is 35.5 Å². The van der Waals surface area contributed by atoms with Crippen molar-refractivity contribution in [3.63, 3.8) is 0 Å². The average molecular weight is 1250 g/mol. The van der Waals surface area contributed by atoms with Crippen LogP contribution in [0.2, 0.25) is 0 Å². The maximum absolute atomic E-state index is 14.1. The van der Waals surface area contributed by atoms with Crippen molar-refractivity contribution in [2.45, 2.75) is 145 Å². The Morgan fingerprint density at radius 3 is 1.27 bits per heavy atom. The highest BCUT2D eigenvalue weighted by Gasteiger charge is 2.34. The summed E-state index contributed by atoms with van der Waals surface area (Å²) in [6.07, 6.45) is -6.55. The van der Waals surface area contributed by atoms with Crippen molar-refractivity contribution in [1.82, 2.24) is 52.8 Å². The van der Waals surface area contributed by atoms with Gasteiger partial charge in [0.05, 0.1) is 19.1 Å². The van der Waals surface area contributed by atoms with Crippen molar-refractivity contribution in [2.75, 3.05) is 19.6 Å². The van der Waals surface area contributed by atoms with Crippen LogP contribution in [0.4, 0.5) is 0 Å². The van der Waals surface area contributed by atoms with E-state index in [-0.39, 0.29) is 38.2 Å². The molecule has 10 amide bonds. The van der Waals surface area contributed by atoms with E-state index >= 15 is 0 Å². The van der Waals surface area contributed by atoms with Crippen LogP contribution in [-0.4, -0.2) is 204 Å². The molecule has 37 heteroatoms. The molecular formula is C51H73N15O22. The van der Waals surface area contributed by atoms with Gasteiger partial charge in [-0.2, -0.15) is 0 Å². The quantitative estimate of drug-likeness (QED) is 0.0167. The summed E-state index contributed by atoms with van der Waals surface area (Å²) < 4.78 is 0. The van der Waals surface area contributed by atoms with E-state index in [1.165, 1.54) is 6.20 Å². The molecule has 88 heavy (non-hydrogen) atoms. The summed E-state index contributed by atoms with van der Waals surface area (Å²) in [4.78, 5) is 209. The molecule has 484 valence electrons. The van der Waals surface area contributed by atoms with E-state index in [1.807, 2.05) is 5.32 Å². The first-order valence-electron chi connectivity index (χ1n) is 27.0. The first kappa shape index (κ1) is 73.6. The van der Waals surface area contributed by atoms with Crippen LogP contribution in [0.1, 0.15) is 95.5 Å². The fraction of sp³-hybridized carbons (Fsp3) is 0.510. The number of aromatic amines is 1. The highest BCUT2D eigenvalue weighted by molar-refractivity contribution is 5.98. The lowest BCUT2D eigenvalue weighted by atomic mass is 10.0. The van der Waals surface area contributed by atoms with Gasteiger partial charge in [-0.1, -0.05) is 18.2 Å². The zero-order chi connectivity index (χ0) is 66.2. The summed E-state index contributed by atoms with van der Waals surface area (Å²) in [6.45, 7) is -2.11. The van der Waals surface area contributed by atoms with Crippen LogP contribution in [0.3, 0.4) is 0 Å². The minimum Gasteiger partial charge on any atom is -0.481 e. The fourth-order valence-corrected chi connectivity index (χ4v) is 8.04. The van der Waals surface area contributed by atoms with Gasteiger partial charge < -0.3 is 106 Å². The fourth-order valence-electron chi connectivity index (χ4n) is 8.04. The van der Waals surface area contributed by atoms with Crippen molar-refractivity contribution in [3.05, 3.63) is 36.0 Å². The second-order valence-corrected chi connectivity index (χ2v) is 19.6. The van der Waals surface area contributed by atoms with Crippen LogP contribution in [0.5, 0.6) is 0 Å². The van der Waals surface area contributed by atoms with E-state index in [2.05, 4.69) is 52.5 Å². The van der Waals surface area contributed by atoms with Gasteiger partial charge >= 0.3 is 35.8 Å². The zero-order valence-corrected chi connectivity index (χ0v) is 47.2. The second-order valence-electron chi connectivity index (χ2n) is 19.6.